The number of carbonyl (C=O) groups is 4. The molecule has 0 bridgehead atoms. The monoisotopic (exact) mass is 1450 g/mol. The normalized spacial score (nSPS) is 14.4. The van der Waals surface area contributed by atoms with Crippen molar-refractivity contribution in [2.45, 2.75) is 354 Å². The molecule has 3 N–H and O–H groups in total. The first kappa shape index (κ1) is 96.0. The molecule has 0 aromatic carbocycles. The summed E-state index contributed by atoms with van der Waals surface area (Å²) in [4.78, 5) is 72.9. The van der Waals surface area contributed by atoms with E-state index < -0.39 is 97.5 Å². The van der Waals surface area contributed by atoms with Crippen LogP contribution in [-0.2, 0) is 65.4 Å². The molecule has 578 valence electrons. The highest BCUT2D eigenvalue weighted by Crippen LogP contribution is 2.45. The van der Waals surface area contributed by atoms with Gasteiger partial charge in [-0.15, -0.1) is 0 Å². The Morgan fingerprint density at radius 3 is 0.830 bits per heavy atom. The molecule has 0 fully saturated rings. The van der Waals surface area contributed by atoms with E-state index in [1.54, 1.807) is 0 Å². The highest BCUT2D eigenvalue weighted by atomic mass is 31.2. The molecule has 5 unspecified atom stereocenters. The molecule has 17 nitrogen and oxygen atoms in total. The average Bonchev–Trinajstić information content (AvgIpc) is 0.932. The van der Waals surface area contributed by atoms with E-state index in [1.165, 1.54) is 89.9 Å². The quantitative estimate of drug-likeness (QED) is 0.0169. The summed E-state index contributed by atoms with van der Waals surface area (Å²) in [7, 11) is -9.96. The summed E-state index contributed by atoms with van der Waals surface area (Å²) in [5, 5.41) is 10.6. The minimum absolute atomic E-state index is 0.0403. The smallest absolute Gasteiger partial charge is 0.462 e. The molecule has 0 aromatic rings. The molecule has 100 heavy (non-hydrogen) atoms. The van der Waals surface area contributed by atoms with Crippen molar-refractivity contribution in [1.29, 1.82) is 0 Å². The Morgan fingerprint density at radius 2 is 0.520 bits per heavy atom. The van der Waals surface area contributed by atoms with Crippen molar-refractivity contribution < 1.29 is 80.2 Å². The number of phosphoric ester groups is 2. The van der Waals surface area contributed by atoms with Crippen LogP contribution in [0.15, 0.2) is 97.2 Å². The molecule has 0 amide bonds. The van der Waals surface area contributed by atoms with Crippen molar-refractivity contribution in [3.63, 3.8) is 0 Å². The summed E-state index contributed by atoms with van der Waals surface area (Å²) in [6.45, 7) is 4.62. The van der Waals surface area contributed by atoms with E-state index >= 15 is 0 Å². The summed E-state index contributed by atoms with van der Waals surface area (Å²) in [6.07, 6.45) is 76.8. The number of hydrogen-bond donors (Lipinski definition) is 3. The minimum atomic E-state index is -4.99. The topological polar surface area (TPSA) is 237 Å². The van der Waals surface area contributed by atoms with E-state index in [1.807, 2.05) is 0 Å². The van der Waals surface area contributed by atoms with Crippen LogP contribution in [0.1, 0.15) is 336 Å². The number of rotatable bonds is 74. The lowest BCUT2D eigenvalue weighted by molar-refractivity contribution is -0.161. The fourth-order valence-corrected chi connectivity index (χ4v) is 12.2. The number of hydrogen-bond acceptors (Lipinski definition) is 15. The third-order valence-electron chi connectivity index (χ3n) is 16.5. The van der Waals surface area contributed by atoms with Crippen molar-refractivity contribution in [2.24, 2.45) is 0 Å². The summed E-state index contributed by atoms with van der Waals surface area (Å²) >= 11 is 0. The van der Waals surface area contributed by atoms with E-state index in [-0.39, 0.29) is 25.7 Å². The Labute approximate surface area is 607 Å². The largest absolute Gasteiger partial charge is 0.472 e. The molecular weight excluding hydrogens is 1310 g/mol. The second-order valence-electron chi connectivity index (χ2n) is 26.2. The Hall–Kier alpha value is -4.02. The van der Waals surface area contributed by atoms with Crippen LogP contribution in [0.3, 0.4) is 0 Å². The zero-order valence-electron chi connectivity index (χ0n) is 63.1. The number of aliphatic hydroxyl groups excluding tert-OH is 1. The fraction of sp³-hybridized carbons (Fsp3) is 0.753. The number of allylic oxidation sites excluding steroid dienone is 16. The second kappa shape index (κ2) is 73.3. The molecule has 0 aliphatic carbocycles. The van der Waals surface area contributed by atoms with Gasteiger partial charge in [0.25, 0.3) is 0 Å². The van der Waals surface area contributed by atoms with Crippen molar-refractivity contribution in [1.82, 2.24) is 0 Å². The van der Waals surface area contributed by atoms with E-state index in [2.05, 4.69) is 125 Å². The van der Waals surface area contributed by atoms with Gasteiger partial charge in [-0.1, -0.05) is 285 Å². The maximum atomic E-state index is 13.1. The van der Waals surface area contributed by atoms with Gasteiger partial charge in [-0.3, -0.25) is 37.3 Å². The van der Waals surface area contributed by atoms with E-state index in [9.17, 15) is 43.2 Å². The maximum absolute atomic E-state index is 13.1. The van der Waals surface area contributed by atoms with Crippen LogP contribution >= 0.6 is 15.6 Å². The summed E-state index contributed by atoms with van der Waals surface area (Å²) in [6, 6.07) is 0. The number of aliphatic hydroxyl groups is 1. The first-order valence-corrected chi connectivity index (χ1v) is 42.5. The van der Waals surface area contributed by atoms with Gasteiger partial charge in [0.1, 0.15) is 19.3 Å². The van der Waals surface area contributed by atoms with Crippen LogP contribution < -0.4 is 0 Å². The molecule has 0 aromatic heterocycles. The number of carbonyl (C=O) groups excluding carboxylic acids is 4. The van der Waals surface area contributed by atoms with Gasteiger partial charge in [0, 0.05) is 25.7 Å². The predicted molar refractivity (Wildman–Crippen MR) is 409 cm³/mol. The average molecular weight is 1450 g/mol. The highest BCUT2D eigenvalue weighted by molar-refractivity contribution is 7.47. The minimum Gasteiger partial charge on any atom is -0.462 e. The van der Waals surface area contributed by atoms with Crippen LogP contribution in [-0.4, -0.2) is 96.7 Å². The molecule has 0 aliphatic rings. The van der Waals surface area contributed by atoms with Crippen molar-refractivity contribution in [2.75, 3.05) is 39.6 Å². The first-order chi connectivity index (χ1) is 48.7. The zero-order valence-corrected chi connectivity index (χ0v) is 64.9. The third kappa shape index (κ3) is 72.3. The van der Waals surface area contributed by atoms with Crippen LogP contribution in [0.25, 0.3) is 0 Å². The summed E-state index contributed by atoms with van der Waals surface area (Å²) in [5.41, 5.74) is 0. The molecule has 5 atom stereocenters. The van der Waals surface area contributed by atoms with Crippen LogP contribution in [0, 0.1) is 0 Å². The van der Waals surface area contributed by atoms with Gasteiger partial charge >= 0.3 is 39.5 Å². The van der Waals surface area contributed by atoms with Crippen molar-refractivity contribution >= 4 is 39.5 Å². The predicted octanol–water partition coefficient (Wildman–Crippen LogP) is 22.8. The maximum Gasteiger partial charge on any atom is 0.472 e. The highest BCUT2D eigenvalue weighted by Gasteiger charge is 2.30. The Kier molecular flexibility index (Phi) is 70.4. The third-order valence-corrected chi connectivity index (χ3v) is 18.4. The van der Waals surface area contributed by atoms with Gasteiger partial charge in [-0.2, -0.15) is 0 Å². The SMILES string of the molecule is CC/C=C\C/C=C\C/C=C\C/C=C\CCCCC(=O)OC(COC(=O)CCCCCCCCC/C=C\C/C=C\C/C=C\CC)COP(=O)(O)OCC(O)COP(=O)(O)OCC(COC(=O)CCCCCCC/C=C\CCCCCCCC)OC(=O)CCCCCCCCCCCCCCC. The number of esters is 4. The lowest BCUT2D eigenvalue weighted by Gasteiger charge is -2.21. The first-order valence-electron chi connectivity index (χ1n) is 39.5. The fourth-order valence-electron chi connectivity index (χ4n) is 10.6. The van der Waals surface area contributed by atoms with Gasteiger partial charge in [0.05, 0.1) is 26.4 Å². The van der Waals surface area contributed by atoms with E-state index in [4.69, 9.17) is 37.0 Å². The van der Waals surface area contributed by atoms with Crippen LogP contribution in [0.4, 0.5) is 0 Å². The molecule has 0 rings (SSSR count). The number of unbranched alkanes of at least 4 members (excludes halogenated alkanes) is 32. The Bertz CT molecular complexity index is 2270. The lowest BCUT2D eigenvalue weighted by atomic mass is 10.0. The van der Waals surface area contributed by atoms with E-state index in [0.717, 1.165) is 161 Å². The summed E-state index contributed by atoms with van der Waals surface area (Å²) < 4.78 is 68.5. The van der Waals surface area contributed by atoms with E-state index in [0.29, 0.717) is 32.1 Å². The van der Waals surface area contributed by atoms with Crippen molar-refractivity contribution in [3.8, 4) is 0 Å². The molecule has 19 heteroatoms. The molecule has 0 saturated heterocycles. The Balaban J connectivity index is 5.37. The second-order valence-corrected chi connectivity index (χ2v) is 29.2. The number of ether oxygens (including phenoxy) is 4. The number of phosphoric acid groups is 2. The summed E-state index contributed by atoms with van der Waals surface area (Å²) in [5.74, 6) is -2.22. The molecule has 0 saturated carbocycles. The van der Waals surface area contributed by atoms with Crippen molar-refractivity contribution in [3.05, 3.63) is 97.2 Å². The lowest BCUT2D eigenvalue weighted by Crippen LogP contribution is -2.30. The zero-order chi connectivity index (χ0) is 73.2. The van der Waals surface area contributed by atoms with Gasteiger partial charge in [-0.25, -0.2) is 9.13 Å². The molecular formula is C81H142O17P2. The molecule has 0 radical (unpaired) electrons. The van der Waals surface area contributed by atoms with Crippen LogP contribution in [0.5, 0.6) is 0 Å². The van der Waals surface area contributed by atoms with Gasteiger partial charge in [0.15, 0.2) is 12.2 Å². The Morgan fingerprint density at radius 1 is 0.290 bits per heavy atom. The standard InChI is InChI=1S/C81H142O17P2/c1-5-9-13-17-21-25-29-33-36-37-40-43-46-50-54-58-62-66-79(84)92-72-77(98-81(86)68-64-60-56-52-48-44-39-35-31-27-23-19-15-11-7-3)74-96-100(89,90)94-70-75(82)69-93-99(87,88)95-73-76(97-80(85)67-63-59-55-51-47-41-32-28-24-20-16-12-8-4)71-91-78(83)65-61-57-53-49-45-42-38-34-30-26-22-18-14-10-6-2/h9,11,13,15,21,23,25,27,33-36,38-39,48,52,75-77,82H,5-8,10,12,14,16-20,22,24,26,28-32,37,40-47,49-51,53-74H2,1-4H3,(H,87,88)(H,89,90)/b13-9-,15-11-,25-21-,27-23-,36-33-,38-34-,39-35-,52-48-. The van der Waals surface area contributed by atoms with Gasteiger partial charge < -0.3 is 33.8 Å². The molecule has 0 heterocycles. The molecule has 0 spiro atoms. The van der Waals surface area contributed by atoms with Gasteiger partial charge in [0.2, 0.25) is 0 Å². The van der Waals surface area contributed by atoms with Gasteiger partial charge in [-0.05, 0) is 122 Å². The van der Waals surface area contributed by atoms with Crippen LogP contribution in [0.2, 0.25) is 0 Å². The molecule has 0 aliphatic heterocycles.